The molecule has 10 nitrogen and oxygen atoms in total. The molecular formula is C13H8N4O6. The summed E-state index contributed by atoms with van der Waals surface area (Å²) in [5.74, 6) is -1.66. The average molecular weight is 316 g/mol. The molecule has 2 aromatic carbocycles. The number of aromatic nitrogens is 2. The summed E-state index contributed by atoms with van der Waals surface area (Å²) in [6.45, 7) is 0. The number of carboxylic acid groups (broad SMARTS) is 1. The molecule has 0 saturated carbocycles. The summed E-state index contributed by atoms with van der Waals surface area (Å²) in [6.07, 6.45) is 0. The fourth-order valence-electron chi connectivity index (χ4n) is 2.04. The average Bonchev–Trinajstić information content (AvgIpc) is 2.98. The highest BCUT2D eigenvalue weighted by Gasteiger charge is 2.20. The molecule has 1 heterocycles. The molecule has 116 valence electrons. The standard InChI is InChI=1S/C13H8N4O6/c18-10-4-1-6(5-7(10)13(19)20)14-8-2-3-9(17(21)22)12-11(8)15-23-16-12/h1-5,14,18H,(H,19,20). The minimum Gasteiger partial charge on any atom is -0.507 e. The van der Waals surface area contributed by atoms with Crippen molar-refractivity contribution in [1.29, 1.82) is 0 Å². The van der Waals surface area contributed by atoms with Crippen molar-refractivity contribution >= 4 is 34.1 Å². The predicted molar refractivity (Wildman–Crippen MR) is 76.8 cm³/mol. The first-order chi connectivity index (χ1) is 11.0. The van der Waals surface area contributed by atoms with Crippen LogP contribution in [0.2, 0.25) is 0 Å². The minimum atomic E-state index is -1.29. The monoisotopic (exact) mass is 316 g/mol. The van der Waals surface area contributed by atoms with Crippen LogP contribution in [0.3, 0.4) is 0 Å². The van der Waals surface area contributed by atoms with Crippen molar-refractivity contribution in [2.24, 2.45) is 0 Å². The van der Waals surface area contributed by atoms with Gasteiger partial charge in [-0.25, -0.2) is 9.42 Å². The van der Waals surface area contributed by atoms with Crippen molar-refractivity contribution in [3.8, 4) is 5.75 Å². The molecule has 0 atom stereocenters. The number of carboxylic acids is 1. The number of hydrogen-bond donors (Lipinski definition) is 3. The number of nitrogens with zero attached hydrogens (tertiary/aromatic N) is 3. The molecular weight excluding hydrogens is 308 g/mol. The minimum absolute atomic E-state index is 0.0303. The second kappa shape index (κ2) is 5.26. The fraction of sp³-hybridized carbons (Fsp3) is 0. The summed E-state index contributed by atoms with van der Waals surface area (Å²) in [6, 6.07) is 6.52. The Balaban J connectivity index is 2.04. The van der Waals surface area contributed by atoms with Gasteiger partial charge in [-0.05, 0) is 34.6 Å². The number of carbonyl (C=O) groups is 1. The van der Waals surface area contributed by atoms with E-state index in [4.69, 9.17) is 5.11 Å². The lowest BCUT2D eigenvalue weighted by Gasteiger charge is -2.08. The summed E-state index contributed by atoms with van der Waals surface area (Å²) >= 11 is 0. The van der Waals surface area contributed by atoms with Crippen LogP contribution in [0.5, 0.6) is 5.75 Å². The summed E-state index contributed by atoms with van der Waals surface area (Å²) in [5.41, 5.74) is 0.240. The number of aromatic hydroxyl groups is 1. The largest absolute Gasteiger partial charge is 0.507 e. The number of fused-ring (bicyclic) bond motifs is 1. The zero-order valence-electron chi connectivity index (χ0n) is 11.3. The summed E-state index contributed by atoms with van der Waals surface area (Å²) in [7, 11) is 0. The van der Waals surface area contributed by atoms with E-state index in [1.807, 2.05) is 0 Å². The number of nitrogens with one attached hydrogen (secondary N) is 1. The van der Waals surface area contributed by atoms with E-state index in [0.29, 0.717) is 11.4 Å². The highest BCUT2D eigenvalue weighted by molar-refractivity contribution is 5.96. The molecule has 0 unspecified atom stereocenters. The Morgan fingerprint density at radius 2 is 1.96 bits per heavy atom. The molecule has 23 heavy (non-hydrogen) atoms. The highest BCUT2D eigenvalue weighted by atomic mass is 16.6. The van der Waals surface area contributed by atoms with Crippen LogP contribution in [0.15, 0.2) is 35.0 Å². The van der Waals surface area contributed by atoms with E-state index in [0.717, 1.165) is 0 Å². The molecule has 0 aliphatic carbocycles. The summed E-state index contributed by atoms with van der Waals surface area (Å²) < 4.78 is 4.54. The van der Waals surface area contributed by atoms with E-state index in [-0.39, 0.29) is 28.0 Å². The molecule has 3 N–H and O–H groups in total. The third-order valence-corrected chi connectivity index (χ3v) is 3.10. The molecule has 3 rings (SSSR count). The fourth-order valence-corrected chi connectivity index (χ4v) is 2.04. The Kier molecular flexibility index (Phi) is 3.26. The van der Waals surface area contributed by atoms with Gasteiger partial charge in [-0.1, -0.05) is 0 Å². The molecule has 1 aromatic heterocycles. The van der Waals surface area contributed by atoms with Crippen molar-refractivity contribution in [3.05, 3.63) is 46.0 Å². The molecule has 0 bridgehead atoms. The predicted octanol–water partition coefficient (Wildman–Crippen LogP) is 2.28. The van der Waals surface area contributed by atoms with Gasteiger partial charge in [-0.15, -0.1) is 0 Å². The zero-order valence-corrected chi connectivity index (χ0v) is 11.3. The number of non-ortho nitro benzene ring substituents is 1. The maximum atomic E-state index is 11.0. The Morgan fingerprint density at radius 1 is 1.22 bits per heavy atom. The maximum Gasteiger partial charge on any atom is 0.339 e. The van der Waals surface area contributed by atoms with Gasteiger partial charge < -0.3 is 15.5 Å². The van der Waals surface area contributed by atoms with E-state index >= 15 is 0 Å². The molecule has 0 aliphatic rings. The lowest BCUT2D eigenvalue weighted by molar-refractivity contribution is -0.383. The Hall–Kier alpha value is -3.69. The van der Waals surface area contributed by atoms with Crippen LogP contribution in [-0.4, -0.2) is 31.4 Å². The topological polar surface area (TPSA) is 152 Å². The van der Waals surface area contributed by atoms with Gasteiger partial charge in [0.1, 0.15) is 11.3 Å². The van der Waals surface area contributed by atoms with Crippen LogP contribution < -0.4 is 5.32 Å². The zero-order chi connectivity index (χ0) is 16.6. The normalized spacial score (nSPS) is 10.6. The number of phenols is 1. The van der Waals surface area contributed by atoms with E-state index in [9.17, 15) is 20.0 Å². The smallest absolute Gasteiger partial charge is 0.339 e. The van der Waals surface area contributed by atoms with Gasteiger partial charge in [0.05, 0.1) is 10.6 Å². The van der Waals surface area contributed by atoms with Gasteiger partial charge in [-0.2, -0.15) is 0 Å². The molecule has 0 fully saturated rings. The third-order valence-electron chi connectivity index (χ3n) is 3.10. The molecule has 0 aliphatic heterocycles. The Bertz CT molecular complexity index is 935. The molecule has 0 amide bonds. The van der Waals surface area contributed by atoms with Crippen molar-refractivity contribution in [2.45, 2.75) is 0 Å². The summed E-state index contributed by atoms with van der Waals surface area (Å²) in [4.78, 5) is 21.3. The lowest BCUT2D eigenvalue weighted by Crippen LogP contribution is -1.99. The van der Waals surface area contributed by atoms with Crippen molar-refractivity contribution in [1.82, 2.24) is 10.3 Å². The molecule has 3 aromatic rings. The van der Waals surface area contributed by atoms with E-state index in [1.165, 1.54) is 30.3 Å². The highest BCUT2D eigenvalue weighted by Crippen LogP contribution is 2.31. The second-order valence-corrected chi connectivity index (χ2v) is 4.51. The number of nitro benzene ring substituents is 1. The van der Waals surface area contributed by atoms with Crippen LogP contribution in [-0.2, 0) is 0 Å². The first-order valence-corrected chi connectivity index (χ1v) is 6.20. The Labute approximate surface area is 127 Å². The Morgan fingerprint density at radius 3 is 2.65 bits per heavy atom. The van der Waals surface area contributed by atoms with E-state index < -0.39 is 10.9 Å². The number of anilines is 2. The first-order valence-electron chi connectivity index (χ1n) is 6.20. The van der Waals surface area contributed by atoms with Gasteiger partial charge >= 0.3 is 11.7 Å². The maximum absolute atomic E-state index is 11.0. The van der Waals surface area contributed by atoms with Crippen LogP contribution in [0.25, 0.3) is 11.0 Å². The van der Waals surface area contributed by atoms with Gasteiger partial charge in [0.25, 0.3) is 0 Å². The van der Waals surface area contributed by atoms with Crippen molar-refractivity contribution in [2.75, 3.05) is 5.32 Å². The number of hydrogen-bond acceptors (Lipinski definition) is 8. The van der Waals surface area contributed by atoms with Gasteiger partial charge in [0, 0.05) is 11.8 Å². The van der Waals surface area contributed by atoms with Gasteiger partial charge in [0.15, 0.2) is 5.52 Å². The second-order valence-electron chi connectivity index (χ2n) is 4.51. The number of aromatic carboxylic acids is 1. The van der Waals surface area contributed by atoms with Crippen molar-refractivity contribution < 1.29 is 24.6 Å². The lowest BCUT2D eigenvalue weighted by atomic mass is 10.1. The van der Waals surface area contributed by atoms with Crippen LogP contribution in [0.4, 0.5) is 17.1 Å². The quantitative estimate of drug-likeness (QED) is 0.374. The molecule has 0 spiro atoms. The van der Waals surface area contributed by atoms with E-state index in [1.54, 1.807) is 0 Å². The number of nitro groups is 1. The van der Waals surface area contributed by atoms with Crippen LogP contribution >= 0.6 is 0 Å². The molecule has 10 heteroatoms. The SMILES string of the molecule is O=C(O)c1cc(Nc2ccc([N+](=O)[O-])c3nonc23)ccc1O. The molecule has 0 radical (unpaired) electrons. The van der Waals surface area contributed by atoms with Gasteiger partial charge in [-0.3, -0.25) is 10.1 Å². The van der Waals surface area contributed by atoms with Crippen molar-refractivity contribution in [3.63, 3.8) is 0 Å². The molecule has 0 saturated heterocycles. The number of rotatable bonds is 4. The summed E-state index contributed by atoms with van der Waals surface area (Å²) in [5, 5.41) is 39.4. The number of benzene rings is 2. The van der Waals surface area contributed by atoms with E-state index in [2.05, 4.69) is 20.3 Å². The first kappa shape index (κ1) is 14.3. The van der Waals surface area contributed by atoms with Gasteiger partial charge in [0.2, 0.25) is 5.52 Å². The van der Waals surface area contributed by atoms with Crippen LogP contribution in [0, 0.1) is 10.1 Å². The van der Waals surface area contributed by atoms with Crippen LogP contribution in [0.1, 0.15) is 10.4 Å². The third kappa shape index (κ3) is 2.48.